The van der Waals surface area contributed by atoms with E-state index in [-0.39, 0.29) is 23.8 Å². The van der Waals surface area contributed by atoms with Crippen LogP contribution in [0.4, 0.5) is 0 Å². The first-order valence-electron chi connectivity index (χ1n) is 6.29. The zero-order valence-corrected chi connectivity index (χ0v) is 11.9. The number of amides is 1. The average molecular weight is 288 g/mol. The van der Waals surface area contributed by atoms with E-state index in [1.165, 1.54) is 11.3 Å². The molecule has 2 N–H and O–H groups in total. The number of aliphatic hydroxyl groups excluding tert-OH is 1. The molecule has 5 heteroatoms. The fourth-order valence-electron chi connectivity index (χ4n) is 2.33. The molecule has 3 nitrogen and oxygen atoms in total. The third kappa shape index (κ3) is 3.25. The van der Waals surface area contributed by atoms with Crippen LogP contribution in [0.3, 0.4) is 0 Å². The first-order chi connectivity index (χ1) is 8.58. The van der Waals surface area contributed by atoms with E-state index in [4.69, 9.17) is 11.6 Å². The van der Waals surface area contributed by atoms with Gasteiger partial charge < -0.3 is 10.4 Å². The topological polar surface area (TPSA) is 49.3 Å². The summed E-state index contributed by atoms with van der Waals surface area (Å²) in [7, 11) is 0. The zero-order chi connectivity index (χ0) is 13.1. The predicted octanol–water partition coefficient (Wildman–Crippen LogP) is 2.78. The zero-order valence-electron chi connectivity index (χ0n) is 10.4. The Morgan fingerprint density at radius 2 is 2.39 bits per heavy atom. The normalized spacial score (nSPS) is 25.1. The quantitative estimate of drug-likeness (QED) is 0.895. The van der Waals surface area contributed by atoms with E-state index in [9.17, 15) is 9.90 Å². The molecule has 0 radical (unpaired) electrons. The standard InChI is InChI=1S/C13H18ClNO2S/c1-8(11-5-6-12(14)18-11)13(17)15-7-9-3-2-4-10(9)16/h5-6,8-10,16H,2-4,7H2,1H3,(H,15,17). The largest absolute Gasteiger partial charge is 0.393 e. The van der Waals surface area contributed by atoms with Crippen molar-refractivity contribution >= 4 is 28.8 Å². The minimum absolute atomic E-state index is 0.00705. The van der Waals surface area contributed by atoms with Crippen LogP contribution in [0.2, 0.25) is 4.34 Å². The molecule has 3 unspecified atom stereocenters. The molecule has 1 aromatic heterocycles. The molecular formula is C13H18ClNO2S. The van der Waals surface area contributed by atoms with Gasteiger partial charge in [-0.2, -0.15) is 0 Å². The molecule has 18 heavy (non-hydrogen) atoms. The van der Waals surface area contributed by atoms with E-state index in [2.05, 4.69) is 5.32 Å². The summed E-state index contributed by atoms with van der Waals surface area (Å²) >= 11 is 7.30. The minimum atomic E-state index is -0.253. The second kappa shape index (κ2) is 6.04. The lowest BCUT2D eigenvalue weighted by Gasteiger charge is -2.17. The maximum atomic E-state index is 12.0. The van der Waals surface area contributed by atoms with Gasteiger partial charge in [0, 0.05) is 17.3 Å². The Labute approximate surface area is 116 Å². The van der Waals surface area contributed by atoms with Crippen molar-refractivity contribution in [1.29, 1.82) is 0 Å². The molecule has 1 aliphatic rings. The lowest BCUT2D eigenvalue weighted by molar-refractivity contribution is -0.122. The van der Waals surface area contributed by atoms with Crippen molar-refractivity contribution in [1.82, 2.24) is 5.32 Å². The van der Waals surface area contributed by atoms with Gasteiger partial charge in [-0.3, -0.25) is 4.79 Å². The van der Waals surface area contributed by atoms with E-state index in [1.54, 1.807) is 0 Å². The highest BCUT2D eigenvalue weighted by atomic mass is 35.5. The second-order valence-corrected chi connectivity index (χ2v) is 6.61. The lowest BCUT2D eigenvalue weighted by Crippen LogP contribution is -2.34. The van der Waals surface area contributed by atoms with Crippen molar-refractivity contribution in [2.45, 2.75) is 38.2 Å². The van der Waals surface area contributed by atoms with Crippen LogP contribution in [-0.4, -0.2) is 23.7 Å². The maximum absolute atomic E-state index is 12.0. The Morgan fingerprint density at radius 3 is 2.94 bits per heavy atom. The third-order valence-corrected chi connectivity index (χ3v) is 4.99. The lowest BCUT2D eigenvalue weighted by atomic mass is 10.1. The SMILES string of the molecule is CC(C(=O)NCC1CCCC1O)c1ccc(Cl)s1. The van der Waals surface area contributed by atoms with Crippen LogP contribution in [0.5, 0.6) is 0 Å². The summed E-state index contributed by atoms with van der Waals surface area (Å²) in [6, 6.07) is 3.70. The molecule has 0 saturated heterocycles. The van der Waals surface area contributed by atoms with E-state index in [1.807, 2.05) is 19.1 Å². The van der Waals surface area contributed by atoms with Crippen LogP contribution in [0, 0.1) is 5.92 Å². The van der Waals surface area contributed by atoms with Crippen LogP contribution in [-0.2, 0) is 4.79 Å². The molecule has 100 valence electrons. The monoisotopic (exact) mass is 287 g/mol. The summed E-state index contributed by atoms with van der Waals surface area (Å²) in [6.07, 6.45) is 2.66. The number of hydrogen-bond donors (Lipinski definition) is 2. The van der Waals surface area contributed by atoms with Gasteiger partial charge >= 0.3 is 0 Å². The van der Waals surface area contributed by atoms with Gasteiger partial charge in [-0.15, -0.1) is 11.3 Å². The van der Waals surface area contributed by atoms with Gasteiger partial charge in [0.15, 0.2) is 0 Å². The maximum Gasteiger partial charge on any atom is 0.228 e. The molecule has 3 atom stereocenters. The second-order valence-electron chi connectivity index (χ2n) is 4.87. The van der Waals surface area contributed by atoms with Crippen LogP contribution >= 0.6 is 22.9 Å². The number of aliphatic hydroxyl groups is 1. The van der Waals surface area contributed by atoms with Gasteiger partial charge in [-0.1, -0.05) is 18.0 Å². The number of nitrogens with one attached hydrogen (secondary N) is 1. The van der Waals surface area contributed by atoms with E-state index in [0.717, 1.165) is 24.1 Å². The number of carbonyl (C=O) groups excluding carboxylic acids is 1. The first-order valence-corrected chi connectivity index (χ1v) is 7.48. The Kier molecular flexibility index (Phi) is 4.65. The minimum Gasteiger partial charge on any atom is -0.393 e. The molecule has 1 aromatic rings. The van der Waals surface area contributed by atoms with Crippen molar-refractivity contribution in [2.75, 3.05) is 6.54 Å². The number of hydrogen-bond acceptors (Lipinski definition) is 3. The summed E-state index contributed by atoms with van der Waals surface area (Å²) in [5.74, 6) is 0.0433. The summed E-state index contributed by atoms with van der Waals surface area (Å²) in [5.41, 5.74) is 0. The highest BCUT2D eigenvalue weighted by molar-refractivity contribution is 7.16. The molecule has 1 amide bonds. The molecule has 1 saturated carbocycles. The summed E-state index contributed by atoms with van der Waals surface area (Å²) in [4.78, 5) is 13.0. The summed E-state index contributed by atoms with van der Waals surface area (Å²) < 4.78 is 0.705. The molecule has 0 aliphatic heterocycles. The number of halogens is 1. The van der Waals surface area contributed by atoms with Crippen LogP contribution in [0.25, 0.3) is 0 Å². The molecule has 0 bridgehead atoms. The molecule has 0 aromatic carbocycles. The van der Waals surface area contributed by atoms with Gasteiger partial charge in [-0.05, 0) is 31.9 Å². The Bertz CT molecular complexity index is 421. The van der Waals surface area contributed by atoms with Crippen molar-refractivity contribution < 1.29 is 9.90 Å². The van der Waals surface area contributed by atoms with E-state index < -0.39 is 0 Å². The smallest absolute Gasteiger partial charge is 0.228 e. The Morgan fingerprint density at radius 1 is 1.61 bits per heavy atom. The van der Waals surface area contributed by atoms with Gasteiger partial charge in [-0.25, -0.2) is 0 Å². The third-order valence-electron chi connectivity index (χ3n) is 3.57. The van der Waals surface area contributed by atoms with Gasteiger partial charge in [0.2, 0.25) is 5.91 Å². The number of rotatable bonds is 4. The molecule has 0 spiro atoms. The Hall–Kier alpha value is -0.580. The number of thiophene rings is 1. The highest BCUT2D eigenvalue weighted by Crippen LogP contribution is 2.28. The summed E-state index contributed by atoms with van der Waals surface area (Å²) in [6.45, 7) is 2.45. The van der Waals surface area contributed by atoms with Crippen molar-refractivity contribution in [3.8, 4) is 0 Å². The summed E-state index contributed by atoms with van der Waals surface area (Å²) in [5, 5.41) is 12.6. The molecule has 1 heterocycles. The molecule has 1 fully saturated rings. The van der Waals surface area contributed by atoms with Crippen LogP contribution in [0.1, 0.15) is 37.0 Å². The average Bonchev–Trinajstić information content (AvgIpc) is 2.94. The Balaban J connectivity index is 1.84. The predicted molar refractivity (Wildman–Crippen MR) is 74.1 cm³/mol. The van der Waals surface area contributed by atoms with Crippen molar-refractivity contribution in [2.24, 2.45) is 5.92 Å². The number of carbonyl (C=O) groups is 1. The fourth-order valence-corrected chi connectivity index (χ4v) is 3.44. The van der Waals surface area contributed by atoms with Gasteiger partial charge in [0.1, 0.15) is 0 Å². The van der Waals surface area contributed by atoms with Gasteiger partial charge in [0.25, 0.3) is 0 Å². The molecule has 2 rings (SSSR count). The van der Waals surface area contributed by atoms with E-state index >= 15 is 0 Å². The molecular weight excluding hydrogens is 270 g/mol. The van der Waals surface area contributed by atoms with Crippen molar-refractivity contribution in [3.05, 3.63) is 21.3 Å². The molecule has 1 aliphatic carbocycles. The highest BCUT2D eigenvalue weighted by Gasteiger charge is 2.26. The first kappa shape index (κ1) is 13.8. The van der Waals surface area contributed by atoms with E-state index in [0.29, 0.717) is 10.9 Å². The van der Waals surface area contributed by atoms with Crippen molar-refractivity contribution in [3.63, 3.8) is 0 Å². The fraction of sp³-hybridized carbons (Fsp3) is 0.615. The van der Waals surface area contributed by atoms with Crippen LogP contribution < -0.4 is 5.32 Å². The van der Waals surface area contributed by atoms with Gasteiger partial charge in [0.05, 0.1) is 16.4 Å². The van der Waals surface area contributed by atoms with Crippen LogP contribution in [0.15, 0.2) is 12.1 Å².